The van der Waals surface area contributed by atoms with Gasteiger partial charge in [-0.2, -0.15) is 0 Å². The fourth-order valence-electron chi connectivity index (χ4n) is 3.30. The summed E-state index contributed by atoms with van der Waals surface area (Å²) in [7, 11) is 3.14. The van der Waals surface area contributed by atoms with Crippen LogP contribution in [0.2, 0.25) is 0 Å². The molecule has 0 radical (unpaired) electrons. The minimum atomic E-state index is -0.129. The number of nitrogens with one attached hydrogen (secondary N) is 1. The summed E-state index contributed by atoms with van der Waals surface area (Å²) < 4.78 is 10.5. The molecule has 0 spiro atoms. The van der Waals surface area contributed by atoms with Gasteiger partial charge in [0.15, 0.2) is 11.5 Å². The van der Waals surface area contributed by atoms with Gasteiger partial charge in [0, 0.05) is 18.7 Å². The lowest BCUT2D eigenvalue weighted by molar-refractivity contribution is 0.0950. The molecule has 1 aliphatic heterocycles. The van der Waals surface area contributed by atoms with E-state index in [-0.39, 0.29) is 5.91 Å². The molecule has 3 rings (SSSR count). The number of methoxy groups -OCH3 is 2. The Bertz CT molecular complexity index is 755. The van der Waals surface area contributed by atoms with Crippen LogP contribution in [0.25, 0.3) is 0 Å². The van der Waals surface area contributed by atoms with Crippen molar-refractivity contribution in [1.82, 2.24) is 10.2 Å². The number of rotatable bonds is 7. The molecular weight excluding hydrogens is 328 g/mol. The maximum atomic E-state index is 12.4. The van der Waals surface area contributed by atoms with Crippen molar-refractivity contribution in [3.8, 4) is 11.5 Å². The van der Waals surface area contributed by atoms with Crippen LogP contribution >= 0.6 is 0 Å². The Kier molecular flexibility index (Phi) is 6.12. The fourth-order valence-corrected chi connectivity index (χ4v) is 3.30. The minimum Gasteiger partial charge on any atom is -0.493 e. The molecule has 2 aromatic rings. The van der Waals surface area contributed by atoms with Crippen LogP contribution in [-0.2, 0) is 13.1 Å². The van der Waals surface area contributed by atoms with Crippen molar-refractivity contribution in [3.63, 3.8) is 0 Å². The molecule has 0 saturated carbocycles. The Labute approximate surface area is 154 Å². The summed E-state index contributed by atoms with van der Waals surface area (Å²) in [6.45, 7) is 3.85. The van der Waals surface area contributed by atoms with Crippen LogP contribution < -0.4 is 14.8 Å². The van der Waals surface area contributed by atoms with E-state index in [0.717, 1.165) is 12.1 Å². The number of nitrogens with zero attached hydrogens (tertiary/aromatic N) is 1. The van der Waals surface area contributed by atoms with Gasteiger partial charge in [-0.25, -0.2) is 0 Å². The summed E-state index contributed by atoms with van der Waals surface area (Å²) in [6, 6.07) is 13.6. The Hall–Kier alpha value is -2.53. The van der Waals surface area contributed by atoms with Crippen molar-refractivity contribution in [1.29, 1.82) is 0 Å². The zero-order valence-electron chi connectivity index (χ0n) is 15.5. The third-order valence-electron chi connectivity index (χ3n) is 4.70. The first-order valence-electron chi connectivity index (χ1n) is 9.00. The first-order valence-corrected chi connectivity index (χ1v) is 9.00. The second-order valence-electron chi connectivity index (χ2n) is 6.56. The van der Waals surface area contributed by atoms with E-state index in [1.807, 2.05) is 6.07 Å². The summed E-state index contributed by atoms with van der Waals surface area (Å²) in [4.78, 5) is 14.9. The first-order chi connectivity index (χ1) is 12.7. The monoisotopic (exact) mass is 354 g/mol. The topological polar surface area (TPSA) is 50.8 Å². The van der Waals surface area contributed by atoms with Crippen LogP contribution in [0.3, 0.4) is 0 Å². The van der Waals surface area contributed by atoms with Gasteiger partial charge in [-0.1, -0.05) is 24.3 Å². The Morgan fingerprint density at radius 3 is 2.46 bits per heavy atom. The largest absolute Gasteiger partial charge is 0.493 e. The first kappa shape index (κ1) is 18.3. The lowest BCUT2D eigenvalue weighted by Gasteiger charge is -2.15. The number of hydrogen-bond donors (Lipinski definition) is 1. The third kappa shape index (κ3) is 4.55. The smallest absolute Gasteiger partial charge is 0.251 e. The molecule has 138 valence electrons. The van der Waals surface area contributed by atoms with Gasteiger partial charge >= 0.3 is 0 Å². The number of hydrogen-bond acceptors (Lipinski definition) is 4. The van der Waals surface area contributed by atoms with Gasteiger partial charge < -0.3 is 14.8 Å². The molecule has 2 aromatic carbocycles. The summed E-state index contributed by atoms with van der Waals surface area (Å²) in [5.74, 6) is 1.03. The van der Waals surface area contributed by atoms with Crippen LogP contribution in [0.4, 0.5) is 0 Å². The molecule has 0 unspecified atom stereocenters. The SMILES string of the molecule is COc1ccc(C(=O)NCc2cccc(CN3CCCC3)c2)cc1OC. The molecule has 1 fully saturated rings. The fraction of sp³-hybridized carbons (Fsp3) is 0.381. The molecule has 1 N–H and O–H groups in total. The van der Waals surface area contributed by atoms with Gasteiger partial charge in [0.1, 0.15) is 0 Å². The summed E-state index contributed by atoms with van der Waals surface area (Å²) in [6.07, 6.45) is 2.59. The number of likely N-dealkylation sites (tertiary alicyclic amines) is 1. The van der Waals surface area contributed by atoms with Gasteiger partial charge in [0.25, 0.3) is 5.91 Å². The summed E-state index contributed by atoms with van der Waals surface area (Å²) >= 11 is 0. The van der Waals surface area contributed by atoms with Gasteiger partial charge in [-0.05, 0) is 55.3 Å². The van der Waals surface area contributed by atoms with Gasteiger partial charge in [0.05, 0.1) is 14.2 Å². The highest BCUT2D eigenvalue weighted by Gasteiger charge is 2.13. The highest BCUT2D eigenvalue weighted by atomic mass is 16.5. The molecule has 5 heteroatoms. The second kappa shape index (κ2) is 8.72. The van der Waals surface area contributed by atoms with Crippen LogP contribution in [0.15, 0.2) is 42.5 Å². The van der Waals surface area contributed by atoms with E-state index in [9.17, 15) is 4.79 Å². The normalized spacial score (nSPS) is 14.2. The lowest BCUT2D eigenvalue weighted by atomic mass is 10.1. The minimum absolute atomic E-state index is 0.129. The molecule has 0 aliphatic carbocycles. The van der Waals surface area contributed by atoms with E-state index in [2.05, 4.69) is 28.4 Å². The second-order valence-corrected chi connectivity index (χ2v) is 6.56. The van der Waals surface area contributed by atoms with Crippen molar-refractivity contribution < 1.29 is 14.3 Å². The van der Waals surface area contributed by atoms with E-state index in [4.69, 9.17) is 9.47 Å². The predicted octanol–water partition coefficient (Wildman–Crippen LogP) is 3.23. The van der Waals surface area contributed by atoms with Crippen LogP contribution in [0.5, 0.6) is 11.5 Å². The van der Waals surface area contributed by atoms with Crippen LogP contribution in [-0.4, -0.2) is 38.1 Å². The Balaban J connectivity index is 1.60. The average Bonchev–Trinajstić information content (AvgIpc) is 3.18. The summed E-state index contributed by atoms with van der Waals surface area (Å²) in [5, 5.41) is 2.98. The molecule has 1 saturated heterocycles. The molecule has 1 heterocycles. The van der Waals surface area contributed by atoms with E-state index in [1.54, 1.807) is 32.4 Å². The number of carbonyl (C=O) groups excluding carboxylic acids is 1. The number of benzene rings is 2. The number of carbonyl (C=O) groups is 1. The zero-order chi connectivity index (χ0) is 18.4. The molecule has 0 aromatic heterocycles. The van der Waals surface area contributed by atoms with Crippen LogP contribution in [0.1, 0.15) is 34.3 Å². The quantitative estimate of drug-likeness (QED) is 0.829. The van der Waals surface area contributed by atoms with Crippen molar-refractivity contribution in [2.45, 2.75) is 25.9 Å². The molecule has 0 atom stereocenters. The molecule has 0 bridgehead atoms. The van der Waals surface area contributed by atoms with Crippen molar-refractivity contribution in [2.75, 3.05) is 27.3 Å². The van der Waals surface area contributed by atoms with E-state index in [1.165, 1.54) is 31.5 Å². The Morgan fingerprint density at radius 1 is 1.00 bits per heavy atom. The molecule has 5 nitrogen and oxygen atoms in total. The Morgan fingerprint density at radius 2 is 1.73 bits per heavy atom. The number of ether oxygens (including phenoxy) is 2. The van der Waals surface area contributed by atoms with Gasteiger partial charge in [-0.15, -0.1) is 0 Å². The van der Waals surface area contributed by atoms with Crippen molar-refractivity contribution >= 4 is 5.91 Å². The van der Waals surface area contributed by atoms with Crippen LogP contribution in [0, 0.1) is 0 Å². The van der Waals surface area contributed by atoms with Crippen molar-refractivity contribution in [3.05, 3.63) is 59.2 Å². The maximum Gasteiger partial charge on any atom is 0.251 e. The van der Waals surface area contributed by atoms with E-state index < -0.39 is 0 Å². The zero-order valence-corrected chi connectivity index (χ0v) is 15.5. The van der Waals surface area contributed by atoms with Crippen molar-refractivity contribution in [2.24, 2.45) is 0 Å². The molecule has 26 heavy (non-hydrogen) atoms. The van der Waals surface area contributed by atoms with Gasteiger partial charge in [-0.3, -0.25) is 9.69 Å². The molecule has 1 aliphatic rings. The number of amides is 1. The third-order valence-corrected chi connectivity index (χ3v) is 4.70. The molecular formula is C21H26N2O3. The average molecular weight is 354 g/mol. The maximum absolute atomic E-state index is 12.4. The summed E-state index contributed by atoms with van der Waals surface area (Å²) in [5.41, 5.74) is 2.95. The highest BCUT2D eigenvalue weighted by Crippen LogP contribution is 2.27. The highest BCUT2D eigenvalue weighted by molar-refractivity contribution is 5.94. The predicted molar refractivity (Wildman–Crippen MR) is 102 cm³/mol. The van der Waals surface area contributed by atoms with E-state index in [0.29, 0.717) is 23.6 Å². The standard InChI is InChI=1S/C21H26N2O3/c1-25-19-9-8-18(13-20(19)26-2)21(24)22-14-16-6-5-7-17(12-16)15-23-10-3-4-11-23/h5-9,12-13H,3-4,10-11,14-15H2,1-2H3,(H,22,24). The molecule has 1 amide bonds. The van der Waals surface area contributed by atoms with E-state index >= 15 is 0 Å². The lowest BCUT2D eigenvalue weighted by Crippen LogP contribution is -2.23. The van der Waals surface area contributed by atoms with Gasteiger partial charge in [0.2, 0.25) is 0 Å².